The van der Waals surface area contributed by atoms with Gasteiger partial charge in [-0.05, 0) is 48.6 Å². The molecule has 0 amide bonds. The Morgan fingerprint density at radius 3 is 2.20 bits per heavy atom. The molecule has 0 aliphatic carbocycles. The predicted octanol–water partition coefficient (Wildman–Crippen LogP) is 3.34. The maximum atomic E-state index is 5.46. The highest BCUT2D eigenvalue weighted by Crippen LogP contribution is 2.41. The highest BCUT2D eigenvalue weighted by atomic mass is 16.5. The van der Waals surface area contributed by atoms with Crippen LogP contribution in [0.2, 0.25) is 0 Å². The number of hydrogen-bond donors (Lipinski definition) is 0. The normalized spacial score (nSPS) is 14.4. The SMILES string of the molecule is COc1cc(-c2cnnc(N3CCC(c4ccncc4)CC3)n2)cc(OC)c1OC. The first-order valence-electron chi connectivity index (χ1n) is 9.88. The highest BCUT2D eigenvalue weighted by molar-refractivity contribution is 5.68. The number of pyridine rings is 1. The minimum atomic E-state index is 0.538. The van der Waals surface area contributed by atoms with Crippen molar-refractivity contribution in [1.29, 1.82) is 0 Å². The van der Waals surface area contributed by atoms with Crippen molar-refractivity contribution in [3.8, 4) is 28.5 Å². The van der Waals surface area contributed by atoms with E-state index in [4.69, 9.17) is 19.2 Å². The van der Waals surface area contributed by atoms with Gasteiger partial charge in [0, 0.05) is 31.0 Å². The highest BCUT2D eigenvalue weighted by Gasteiger charge is 2.23. The van der Waals surface area contributed by atoms with Gasteiger partial charge in [-0.2, -0.15) is 5.10 Å². The van der Waals surface area contributed by atoms with Crippen molar-refractivity contribution in [2.75, 3.05) is 39.3 Å². The van der Waals surface area contributed by atoms with E-state index >= 15 is 0 Å². The van der Waals surface area contributed by atoms with Gasteiger partial charge in [-0.25, -0.2) is 4.98 Å². The Hall–Kier alpha value is -3.42. The topological polar surface area (TPSA) is 82.5 Å². The van der Waals surface area contributed by atoms with Crippen molar-refractivity contribution in [1.82, 2.24) is 20.2 Å². The van der Waals surface area contributed by atoms with Gasteiger partial charge in [-0.3, -0.25) is 4.98 Å². The van der Waals surface area contributed by atoms with Crippen molar-refractivity contribution >= 4 is 5.95 Å². The Labute approximate surface area is 175 Å². The van der Waals surface area contributed by atoms with Crippen LogP contribution in [-0.2, 0) is 0 Å². The van der Waals surface area contributed by atoms with Gasteiger partial charge in [0.15, 0.2) is 11.5 Å². The smallest absolute Gasteiger partial charge is 0.245 e. The molecule has 0 atom stereocenters. The summed E-state index contributed by atoms with van der Waals surface area (Å²) < 4.78 is 16.3. The average molecular weight is 407 g/mol. The molecule has 1 aromatic carbocycles. The molecule has 1 aliphatic rings. The first-order chi connectivity index (χ1) is 14.7. The molecule has 8 heteroatoms. The molecule has 30 heavy (non-hydrogen) atoms. The summed E-state index contributed by atoms with van der Waals surface area (Å²) in [5.74, 6) is 2.87. The van der Waals surface area contributed by atoms with Crippen LogP contribution in [0.25, 0.3) is 11.3 Å². The van der Waals surface area contributed by atoms with Crippen molar-refractivity contribution in [3.05, 3.63) is 48.4 Å². The van der Waals surface area contributed by atoms with Gasteiger partial charge in [0.2, 0.25) is 11.7 Å². The Morgan fingerprint density at radius 1 is 0.933 bits per heavy atom. The summed E-state index contributed by atoms with van der Waals surface area (Å²) in [5, 5.41) is 8.46. The third kappa shape index (κ3) is 3.98. The molecule has 156 valence electrons. The lowest BCUT2D eigenvalue weighted by atomic mass is 9.90. The number of rotatable bonds is 6. The number of benzene rings is 1. The van der Waals surface area contributed by atoms with Crippen LogP contribution < -0.4 is 19.1 Å². The van der Waals surface area contributed by atoms with Gasteiger partial charge < -0.3 is 19.1 Å². The van der Waals surface area contributed by atoms with Crippen LogP contribution in [0, 0.1) is 0 Å². The predicted molar refractivity (Wildman–Crippen MR) is 113 cm³/mol. The summed E-state index contributed by atoms with van der Waals surface area (Å²) in [7, 11) is 4.77. The second-order valence-corrected chi connectivity index (χ2v) is 7.10. The van der Waals surface area contributed by atoms with E-state index in [1.807, 2.05) is 24.5 Å². The van der Waals surface area contributed by atoms with E-state index in [1.165, 1.54) is 5.56 Å². The Balaban J connectivity index is 1.55. The van der Waals surface area contributed by atoms with E-state index < -0.39 is 0 Å². The number of aromatic nitrogens is 4. The molecule has 0 radical (unpaired) electrons. The van der Waals surface area contributed by atoms with Crippen LogP contribution in [0.1, 0.15) is 24.3 Å². The van der Waals surface area contributed by atoms with Crippen LogP contribution >= 0.6 is 0 Å². The molecule has 0 saturated carbocycles. The second kappa shape index (κ2) is 8.94. The van der Waals surface area contributed by atoms with Crippen LogP contribution in [0.4, 0.5) is 5.95 Å². The molecule has 2 aromatic heterocycles. The molecule has 0 spiro atoms. The summed E-state index contributed by atoms with van der Waals surface area (Å²) in [5.41, 5.74) is 2.87. The molecular formula is C22H25N5O3. The Morgan fingerprint density at radius 2 is 1.60 bits per heavy atom. The number of piperidine rings is 1. The lowest BCUT2D eigenvalue weighted by Crippen LogP contribution is -2.34. The molecule has 3 heterocycles. The zero-order chi connectivity index (χ0) is 20.9. The fourth-order valence-corrected chi connectivity index (χ4v) is 3.84. The molecule has 0 unspecified atom stereocenters. The third-order valence-corrected chi connectivity index (χ3v) is 5.46. The van der Waals surface area contributed by atoms with E-state index in [1.54, 1.807) is 27.5 Å². The lowest BCUT2D eigenvalue weighted by molar-refractivity contribution is 0.324. The zero-order valence-electron chi connectivity index (χ0n) is 17.4. The van der Waals surface area contributed by atoms with Crippen LogP contribution in [0.3, 0.4) is 0 Å². The van der Waals surface area contributed by atoms with Crippen molar-refractivity contribution in [2.24, 2.45) is 0 Å². The number of ether oxygens (including phenoxy) is 3. The number of anilines is 1. The van der Waals surface area contributed by atoms with Crippen molar-refractivity contribution < 1.29 is 14.2 Å². The third-order valence-electron chi connectivity index (χ3n) is 5.46. The van der Waals surface area contributed by atoms with Crippen LogP contribution in [0.15, 0.2) is 42.9 Å². The Bertz CT molecular complexity index is 966. The molecule has 1 fully saturated rings. The van der Waals surface area contributed by atoms with E-state index in [-0.39, 0.29) is 0 Å². The standard InChI is InChI=1S/C22H25N5O3/c1-28-19-12-17(13-20(29-2)21(19)30-3)18-14-24-26-22(25-18)27-10-6-16(7-11-27)15-4-8-23-9-5-15/h4-5,8-9,12-14,16H,6-7,10-11H2,1-3H3. The van der Waals surface area contributed by atoms with Crippen LogP contribution in [0.5, 0.6) is 17.2 Å². The zero-order valence-corrected chi connectivity index (χ0v) is 17.4. The fraction of sp³-hybridized carbons (Fsp3) is 0.364. The molecule has 4 rings (SSSR count). The molecule has 3 aromatic rings. The molecule has 1 aliphatic heterocycles. The van der Waals surface area contributed by atoms with Gasteiger partial charge in [0.25, 0.3) is 0 Å². The molecular weight excluding hydrogens is 382 g/mol. The van der Waals surface area contributed by atoms with Gasteiger partial charge in [0.1, 0.15) is 0 Å². The monoisotopic (exact) mass is 407 g/mol. The summed E-state index contributed by atoms with van der Waals surface area (Å²) in [4.78, 5) is 11.1. The number of methoxy groups -OCH3 is 3. The second-order valence-electron chi connectivity index (χ2n) is 7.10. The van der Waals surface area contributed by atoms with Crippen molar-refractivity contribution in [3.63, 3.8) is 0 Å². The van der Waals surface area contributed by atoms with Gasteiger partial charge >= 0.3 is 0 Å². The van der Waals surface area contributed by atoms with Crippen LogP contribution in [-0.4, -0.2) is 54.6 Å². The van der Waals surface area contributed by atoms with Gasteiger partial charge in [-0.1, -0.05) is 0 Å². The van der Waals surface area contributed by atoms with E-state index in [0.29, 0.717) is 34.8 Å². The van der Waals surface area contributed by atoms with E-state index in [0.717, 1.165) is 31.5 Å². The number of hydrogen-bond acceptors (Lipinski definition) is 8. The maximum Gasteiger partial charge on any atom is 0.245 e. The molecule has 0 N–H and O–H groups in total. The average Bonchev–Trinajstić information content (AvgIpc) is 2.83. The minimum absolute atomic E-state index is 0.538. The minimum Gasteiger partial charge on any atom is -0.493 e. The molecule has 1 saturated heterocycles. The fourth-order valence-electron chi connectivity index (χ4n) is 3.84. The lowest BCUT2D eigenvalue weighted by Gasteiger charge is -2.32. The maximum absolute atomic E-state index is 5.46. The van der Waals surface area contributed by atoms with Gasteiger partial charge in [0.05, 0.1) is 33.2 Å². The van der Waals surface area contributed by atoms with E-state index in [9.17, 15) is 0 Å². The molecule has 8 nitrogen and oxygen atoms in total. The van der Waals surface area contributed by atoms with Gasteiger partial charge in [-0.15, -0.1) is 5.10 Å². The largest absolute Gasteiger partial charge is 0.493 e. The summed E-state index contributed by atoms with van der Waals surface area (Å²) in [6.07, 6.45) is 7.45. The Kier molecular flexibility index (Phi) is 5.92. The summed E-state index contributed by atoms with van der Waals surface area (Å²) in [6, 6.07) is 7.93. The quantitative estimate of drug-likeness (QED) is 0.615. The van der Waals surface area contributed by atoms with E-state index in [2.05, 4.69) is 32.2 Å². The first-order valence-corrected chi connectivity index (χ1v) is 9.88. The first kappa shape index (κ1) is 19.9. The van der Waals surface area contributed by atoms with Crippen molar-refractivity contribution in [2.45, 2.75) is 18.8 Å². The molecule has 0 bridgehead atoms. The summed E-state index contributed by atoms with van der Waals surface area (Å²) in [6.45, 7) is 1.76. The number of nitrogens with zero attached hydrogens (tertiary/aromatic N) is 5. The summed E-state index contributed by atoms with van der Waals surface area (Å²) >= 11 is 0.